The Balaban J connectivity index is 2.33. The molecule has 0 bridgehead atoms. The van der Waals surface area contributed by atoms with Gasteiger partial charge in [0.1, 0.15) is 0 Å². The summed E-state index contributed by atoms with van der Waals surface area (Å²) in [6.45, 7) is 1.53. The number of carboxylic acids is 1. The van der Waals surface area contributed by atoms with Crippen molar-refractivity contribution in [2.75, 3.05) is 5.75 Å². The number of benzene rings is 1. The maximum absolute atomic E-state index is 11.8. The van der Waals surface area contributed by atoms with Crippen LogP contribution in [0, 0.1) is 5.92 Å². The van der Waals surface area contributed by atoms with Gasteiger partial charge in [0.25, 0.3) is 0 Å². The van der Waals surface area contributed by atoms with Gasteiger partial charge in [-0.2, -0.15) is 0 Å². The molecule has 1 aromatic rings. The zero-order valence-corrected chi connectivity index (χ0v) is 11.3. The van der Waals surface area contributed by atoms with Crippen molar-refractivity contribution < 1.29 is 18.3 Å². The van der Waals surface area contributed by atoms with Gasteiger partial charge in [0.15, 0.2) is 9.84 Å². The lowest BCUT2D eigenvalue weighted by Gasteiger charge is -2.00. The highest BCUT2D eigenvalue weighted by Gasteiger charge is 2.62. The van der Waals surface area contributed by atoms with Crippen molar-refractivity contribution in [3.63, 3.8) is 0 Å². The molecule has 0 heterocycles. The summed E-state index contributed by atoms with van der Waals surface area (Å²) in [6.07, 6.45) is 0. The highest BCUT2D eigenvalue weighted by atomic mass is 35.5. The van der Waals surface area contributed by atoms with E-state index in [2.05, 4.69) is 0 Å². The fraction of sp³-hybridized carbons (Fsp3) is 0.417. The third-order valence-corrected chi connectivity index (χ3v) is 5.78. The van der Waals surface area contributed by atoms with E-state index >= 15 is 0 Å². The molecule has 0 aromatic heterocycles. The molecule has 6 heteroatoms. The first-order chi connectivity index (χ1) is 8.38. The second-order valence-corrected chi connectivity index (χ2v) is 7.24. The van der Waals surface area contributed by atoms with Gasteiger partial charge >= 0.3 is 5.97 Å². The van der Waals surface area contributed by atoms with Gasteiger partial charge in [-0.25, -0.2) is 8.42 Å². The second kappa shape index (κ2) is 4.55. The lowest BCUT2D eigenvalue weighted by Crippen LogP contribution is -2.14. The van der Waals surface area contributed by atoms with Crippen LogP contribution in [0.1, 0.15) is 18.4 Å². The molecule has 1 aliphatic carbocycles. The van der Waals surface area contributed by atoms with E-state index in [9.17, 15) is 13.2 Å². The number of rotatable bonds is 4. The zero-order valence-electron chi connectivity index (χ0n) is 9.71. The lowest BCUT2D eigenvalue weighted by molar-refractivity contribution is -0.138. The number of hydrogen-bond donors (Lipinski definition) is 1. The first-order valence-electron chi connectivity index (χ1n) is 5.58. The number of aliphatic carboxylic acids is 1. The molecule has 1 saturated carbocycles. The molecule has 2 rings (SSSR count). The summed E-state index contributed by atoms with van der Waals surface area (Å²) >= 11 is 5.75. The van der Waals surface area contributed by atoms with Crippen LogP contribution in [0.3, 0.4) is 0 Å². The molecule has 98 valence electrons. The monoisotopic (exact) mass is 288 g/mol. The quantitative estimate of drug-likeness (QED) is 0.919. The summed E-state index contributed by atoms with van der Waals surface area (Å²) in [4.78, 5) is 11.1. The topological polar surface area (TPSA) is 71.4 Å². The maximum atomic E-state index is 11.8. The summed E-state index contributed by atoms with van der Waals surface area (Å²) in [6, 6.07) is 6.66. The van der Waals surface area contributed by atoms with E-state index < -0.39 is 32.9 Å². The maximum Gasteiger partial charge on any atom is 0.308 e. The van der Waals surface area contributed by atoms with Gasteiger partial charge in [-0.3, -0.25) is 4.79 Å². The molecule has 1 fully saturated rings. The van der Waals surface area contributed by atoms with Gasteiger partial charge in [0.05, 0.1) is 11.2 Å². The average molecular weight is 289 g/mol. The van der Waals surface area contributed by atoms with Crippen LogP contribution in [-0.2, 0) is 14.6 Å². The minimum atomic E-state index is -3.34. The normalized spacial score (nSPS) is 26.9. The largest absolute Gasteiger partial charge is 0.481 e. The SMILES string of the molecule is CCS(=O)(=O)[C@H]1[C@@H](C(=O)O)[C@@H]1c1ccc(Cl)cc1. The standard InChI is InChI=1S/C12H13ClO4S/c1-2-18(16,17)11-9(10(11)12(14)15)7-3-5-8(13)6-4-7/h3-6,9-11H,2H2,1H3,(H,14,15)/t9-,10-,11+/m0/s1. The van der Waals surface area contributed by atoms with Gasteiger partial charge in [-0.1, -0.05) is 30.7 Å². The number of sulfone groups is 1. The Hall–Kier alpha value is -1.07. The predicted molar refractivity (Wildman–Crippen MR) is 68.6 cm³/mol. The Bertz CT molecular complexity index is 564. The summed E-state index contributed by atoms with van der Waals surface area (Å²) in [5, 5.41) is 8.82. The third kappa shape index (κ3) is 2.24. The average Bonchev–Trinajstić information content (AvgIpc) is 3.06. The molecule has 0 radical (unpaired) electrons. The molecule has 0 aliphatic heterocycles. The van der Waals surface area contributed by atoms with Crippen LogP contribution in [0.25, 0.3) is 0 Å². The molecule has 0 unspecified atom stereocenters. The smallest absolute Gasteiger partial charge is 0.308 e. The Morgan fingerprint density at radius 1 is 1.33 bits per heavy atom. The minimum absolute atomic E-state index is 0.0362. The first kappa shape index (κ1) is 13.4. The molecule has 1 aromatic carbocycles. The van der Waals surface area contributed by atoms with E-state index in [0.29, 0.717) is 10.6 Å². The van der Waals surface area contributed by atoms with Gasteiger partial charge in [-0.15, -0.1) is 0 Å². The minimum Gasteiger partial charge on any atom is -0.481 e. The van der Waals surface area contributed by atoms with Crippen molar-refractivity contribution in [2.45, 2.75) is 18.1 Å². The molecule has 0 amide bonds. The van der Waals surface area contributed by atoms with E-state index in [1.165, 1.54) is 6.92 Å². The van der Waals surface area contributed by atoms with E-state index in [1.807, 2.05) is 0 Å². The van der Waals surface area contributed by atoms with Crippen LogP contribution in [0.2, 0.25) is 5.02 Å². The summed E-state index contributed by atoms with van der Waals surface area (Å²) < 4.78 is 23.7. The first-order valence-corrected chi connectivity index (χ1v) is 7.67. The van der Waals surface area contributed by atoms with Gasteiger partial charge < -0.3 is 5.11 Å². The molecule has 1 N–H and O–H groups in total. The van der Waals surface area contributed by atoms with Crippen molar-refractivity contribution in [3.05, 3.63) is 34.9 Å². The molecular weight excluding hydrogens is 276 g/mol. The van der Waals surface area contributed by atoms with Crippen molar-refractivity contribution in [2.24, 2.45) is 5.92 Å². The number of halogens is 1. The van der Waals surface area contributed by atoms with Crippen molar-refractivity contribution in [1.82, 2.24) is 0 Å². The van der Waals surface area contributed by atoms with Gasteiger partial charge in [0, 0.05) is 16.7 Å². The molecule has 4 nitrogen and oxygen atoms in total. The number of hydrogen-bond acceptors (Lipinski definition) is 3. The molecule has 3 atom stereocenters. The van der Waals surface area contributed by atoms with Crippen LogP contribution in [0.5, 0.6) is 0 Å². The molecule has 0 saturated heterocycles. The lowest BCUT2D eigenvalue weighted by atomic mass is 10.1. The Morgan fingerprint density at radius 2 is 1.89 bits per heavy atom. The third-order valence-electron chi connectivity index (χ3n) is 3.31. The van der Waals surface area contributed by atoms with Gasteiger partial charge in [-0.05, 0) is 17.7 Å². The fourth-order valence-corrected chi connectivity index (χ4v) is 4.22. The fourth-order valence-electron chi connectivity index (χ4n) is 2.30. The predicted octanol–water partition coefficient (Wildman–Crippen LogP) is 1.94. The molecule has 0 spiro atoms. The Kier molecular flexibility index (Phi) is 3.38. The van der Waals surface area contributed by atoms with Crippen LogP contribution < -0.4 is 0 Å². The summed E-state index contributed by atoms with van der Waals surface area (Å²) in [7, 11) is -3.34. The van der Waals surface area contributed by atoms with Crippen LogP contribution in [0.15, 0.2) is 24.3 Å². The Morgan fingerprint density at radius 3 is 2.33 bits per heavy atom. The van der Waals surface area contributed by atoms with Crippen molar-refractivity contribution in [1.29, 1.82) is 0 Å². The van der Waals surface area contributed by atoms with Crippen LogP contribution in [0.4, 0.5) is 0 Å². The van der Waals surface area contributed by atoms with E-state index in [-0.39, 0.29) is 5.75 Å². The molecule has 18 heavy (non-hydrogen) atoms. The van der Waals surface area contributed by atoms with Crippen LogP contribution in [-0.4, -0.2) is 30.5 Å². The number of carbonyl (C=O) groups is 1. The number of carboxylic acid groups (broad SMARTS) is 1. The van der Waals surface area contributed by atoms with E-state index in [4.69, 9.17) is 16.7 Å². The molecule has 1 aliphatic rings. The van der Waals surface area contributed by atoms with Crippen LogP contribution >= 0.6 is 11.6 Å². The second-order valence-electron chi connectivity index (χ2n) is 4.36. The van der Waals surface area contributed by atoms with E-state index in [0.717, 1.165) is 0 Å². The van der Waals surface area contributed by atoms with Crippen molar-refractivity contribution >= 4 is 27.4 Å². The van der Waals surface area contributed by atoms with E-state index in [1.54, 1.807) is 24.3 Å². The highest BCUT2D eigenvalue weighted by Crippen LogP contribution is 2.52. The summed E-state index contributed by atoms with van der Waals surface area (Å²) in [5.41, 5.74) is 0.717. The Labute approximate surface area is 110 Å². The highest BCUT2D eigenvalue weighted by molar-refractivity contribution is 7.92. The molecular formula is C12H13ClO4S. The summed E-state index contributed by atoms with van der Waals surface area (Å²) in [5.74, 6) is -2.39. The zero-order chi connectivity index (χ0) is 13.5. The van der Waals surface area contributed by atoms with Gasteiger partial charge in [0.2, 0.25) is 0 Å². The van der Waals surface area contributed by atoms with Crippen molar-refractivity contribution in [3.8, 4) is 0 Å².